The van der Waals surface area contributed by atoms with Crippen LogP contribution in [0.5, 0.6) is 11.6 Å². The van der Waals surface area contributed by atoms with E-state index in [1.165, 1.54) is 0 Å². The van der Waals surface area contributed by atoms with Crippen LogP contribution < -0.4 is 10.1 Å². The summed E-state index contributed by atoms with van der Waals surface area (Å²) in [5, 5.41) is 3.58. The second-order valence-electron chi connectivity index (χ2n) is 4.29. The maximum Gasteiger partial charge on any atom is 0.260 e. The number of hydrogen-bond donors (Lipinski definition) is 1. The summed E-state index contributed by atoms with van der Waals surface area (Å²) in [6.07, 6.45) is 2.01. The third-order valence-electron chi connectivity index (χ3n) is 2.59. The summed E-state index contributed by atoms with van der Waals surface area (Å²) >= 11 is 5.87. The van der Waals surface area contributed by atoms with E-state index in [9.17, 15) is 4.39 Å². The molecule has 0 bridgehead atoms. The summed E-state index contributed by atoms with van der Waals surface area (Å²) in [6, 6.07) is 5.10. The molecule has 0 spiro atoms. The molecule has 2 aromatic rings. The molecule has 1 aromatic carbocycles. The van der Waals surface area contributed by atoms with Crippen LogP contribution in [0.2, 0.25) is 5.02 Å². The number of aryl methyl sites for hydroxylation is 1. The van der Waals surface area contributed by atoms with Crippen molar-refractivity contribution in [1.82, 2.24) is 9.97 Å². The predicted octanol–water partition coefficient (Wildman–Crippen LogP) is 4.19. The van der Waals surface area contributed by atoms with Crippen molar-refractivity contribution >= 4 is 17.5 Å². The Kier molecular flexibility index (Phi) is 4.74. The number of nitrogens with zero attached hydrogens (tertiary/aromatic N) is 2. The van der Waals surface area contributed by atoms with E-state index in [0.717, 1.165) is 18.2 Å². The molecule has 0 fully saturated rings. The molecule has 106 valence electrons. The Labute approximate surface area is 122 Å². The van der Waals surface area contributed by atoms with Gasteiger partial charge in [0, 0.05) is 11.6 Å². The van der Waals surface area contributed by atoms with Crippen LogP contribution in [0.4, 0.5) is 10.3 Å². The lowest BCUT2D eigenvalue weighted by atomic mass is 10.2. The van der Waals surface area contributed by atoms with Crippen molar-refractivity contribution in [2.75, 3.05) is 11.9 Å². The average Bonchev–Trinajstić information content (AvgIpc) is 2.42. The third kappa shape index (κ3) is 3.57. The molecule has 4 nitrogen and oxygen atoms in total. The first-order chi connectivity index (χ1) is 9.60. The minimum Gasteiger partial charge on any atom is -0.436 e. The zero-order chi connectivity index (χ0) is 14.5. The SMILES string of the molecule is CCCNc1ncc(F)c(Oc2ccc(Cl)cc2C)n1. The van der Waals surface area contributed by atoms with Crippen LogP contribution in [0.15, 0.2) is 24.4 Å². The maximum absolute atomic E-state index is 13.7. The maximum atomic E-state index is 13.7. The van der Waals surface area contributed by atoms with E-state index in [4.69, 9.17) is 16.3 Å². The fourth-order valence-electron chi connectivity index (χ4n) is 1.58. The van der Waals surface area contributed by atoms with Gasteiger partial charge in [0.25, 0.3) is 5.88 Å². The molecule has 0 saturated carbocycles. The third-order valence-corrected chi connectivity index (χ3v) is 2.82. The summed E-state index contributed by atoms with van der Waals surface area (Å²) in [6.45, 7) is 4.56. The van der Waals surface area contributed by atoms with Gasteiger partial charge in [-0.25, -0.2) is 4.98 Å². The van der Waals surface area contributed by atoms with Crippen molar-refractivity contribution in [1.29, 1.82) is 0 Å². The van der Waals surface area contributed by atoms with Crippen LogP contribution >= 0.6 is 11.6 Å². The van der Waals surface area contributed by atoms with Gasteiger partial charge in [0.15, 0.2) is 0 Å². The van der Waals surface area contributed by atoms with Gasteiger partial charge in [0.2, 0.25) is 11.8 Å². The number of hydrogen-bond acceptors (Lipinski definition) is 4. The normalized spacial score (nSPS) is 10.4. The van der Waals surface area contributed by atoms with Gasteiger partial charge in [0.05, 0.1) is 6.20 Å². The Balaban J connectivity index is 2.23. The van der Waals surface area contributed by atoms with Crippen molar-refractivity contribution in [3.05, 3.63) is 40.8 Å². The molecule has 2 rings (SSSR count). The number of benzene rings is 1. The van der Waals surface area contributed by atoms with Crippen LogP contribution in [0.1, 0.15) is 18.9 Å². The molecular formula is C14H15ClFN3O. The van der Waals surface area contributed by atoms with Crippen LogP contribution in [-0.4, -0.2) is 16.5 Å². The molecule has 0 aliphatic carbocycles. The molecule has 1 N–H and O–H groups in total. The lowest BCUT2D eigenvalue weighted by Gasteiger charge is -2.10. The van der Waals surface area contributed by atoms with E-state index in [-0.39, 0.29) is 5.88 Å². The van der Waals surface area contributed by atoms with Crippen LogP contribution in [-0.2, 0) is 0 Å². The van der Waals surface area contributed by atoms with Gasteiger partial charge in [-0.05, 0) is 37.1 Å². The smallest absolute Gasteiger partial charge is 0.260 e. The van der Waals surface area contributed by atoms with E-state index in [1.807, 2.05) is 13.8 Å². The molecule has 0 atom stereocenters. The molecule has 0 saturated heterocycles. The minimum absolute atomic E-state index is 0.107. The highest BCUT2D eigenvalue weighted by molar-refractivity contribution is 6.30. The Bertz CT molecular complexity index is 607. The van der Waals surface area contributed by atoms with Gasteiger partial charge in [0.1, 0.15) is 5.75 Å². The van der Waals surface area contributed by atoms with Gasteiger partial charge in [-0.15, -0.1) is 0 Å². The van der Waals surface area contributed by atoms with Crippen molar-refractivity contribution < 1.29 is 9.13 Å². The van der Waals surface area contributed by atoms with Gasteiger partial charge < -0.3 is 10.1 Å². The Hall–Kier alpha value is -1.88. The summed E-state index contributed by atoms with van der Waals surface area (Å²) < 4.78 is 19.2. The van der Waals surface area contributed by atoms with Crippen LogP contribution in [0, 0.1) is 12.7 Å². The number of halogens is 2. The Morgan fingerprint density at radius 3 is 2.90 bits per heavy atom. The number of nitrogens with one attached hydrogen (secondary N) is 1. The zero-order valence-electron chi connectivity index (χ0n) is 11.3. The molecule has 6 heteroatoms. The topological polar surface area (TPSA) is 47.0 Å². The minimum atomic E-state index is -0.610. The average molecular weight is 296 g/mol. The van der Waals surface area contributed by atoms with E-state index in [1.54, 1.807) is 18.2 Å². The first-order valence-electron chi connectivity index (χ1n) is 6.30. The molecule has 1 aromatic heterocycles. The highest BCUT2D eigenvalue weighted by Gasteiger charge is 2.11. The first kappa shape index (κ1) is 14.5. The van der Waals surface area contributed by atoms with Gasteiger partial charge in [-0.3, -0.25) is 0 Å². The van der Waals surface area contributed by atoms with Crippen molar-refractivity contribution in [2.45, 2.75) is 20.3 Å². The number of aromatic nitrogens is 2. The van der Waals surface area contributed by atoms with Gasteiger partial charge in [-0.1, -0.05) is 18.5 Å². The lowest BCUT2D eigenvalue weighted by molar-refractivity contribution is 0.418. The standard InChI is InChI=1S/C14H15ClFN3O/c1-3-6-17-14-18-8-11(16)13(19-14)20-12-5-4-10(15)7-9(12)2/h4-5,7-8H,3,6H2,1-2H3,(H,17,18,19). The van der Waals surface area contributed by atoms with Crippen molar-refractivity contribution in [3.63, 3.8) is 0 Å². The summed E-state index contributed by atoms with van der Waals surface area (Å²) in [5.74, 6) is 0.133. The fourth-order valence-corrected chi connectivity index (χ4v) is 1.80. The van der Waals surface area contributed by atoms with E-state index < -0.39 is 5.82 Å². The molecule has 0 unspecified atom stereocenters. The molecular weight excluding hydrogens is 281 g/mol. The van der Waals surface area contributed by atoms with Crippen LogP contribution in [0.3, 0.4) is 0 Å². The quantitative estimate of drug-likeness (QED) is 0.898. The van der Waals surface area contributed by atoms with Crippen molar-refractivity contribution in [2.24, 2.45) is 0 Å². The monoisotopic (exact) mass is 295 g/mol. The second kappa shape index (κ2) is 6.52. The fraction of sp³-hybridized carbons (Fsp3) is 0.286. The number of rotatable bonds is 5. The largest absolute Gasteiger partial charge is 0.436 e. The summed E-state index contributed by atoms with van der Waals surface area (Å²) in [5.41, 5.74) is 0.804. The first-order valence-corrected chi connectivity index (χ1v) is 6.68. The summed E-state index contributed by atoms with van der Waals surface area (Å²) in [7, 11) is 0. The number of ether oxygens (including phenoxy) is 1. The van der Waals surface area contributed by atoms with Gasteiger partial charge in [-0.2, -0.15) is 9.37 Å². The van der Waals surface area contributed by atoms with E-state index >= 15 is 0 Å². The molecule has 20 heavy (non-hydrogen) atoms. The van der Waals surface area contributed by atoms with E-state index in [0.29, 0.717) is 23.3 Å². The Morgan fingerprint density at radius 1 is 1.40 bits per heavy atom. The second-order valence-corrected chi connectivity index (χ2v) is 4.72. The Morgan fingerprint density at radius 2 is 2.20 bits per heavy atom. The highest BCUT2D eigenvalue weighted by atomic mass is 35.5. The molecule has 1 heterocycles. The molecule has 0 radical (unpaired) electrons. The van der Waals surface area contributed by atoms with Gasteiger partial charge >= 0.3 is 0 Å². The number of anilines is 1. The van der Waals surface area contributed by atoms with E-state index in [2.05, 4.69) is 15.3 Å². The van der Waals surface area contributed by atoms with Crippen LogP contribution in [0.25, 0.3) is 0 Å². The summed E-state index contributed by atoms with van der Waals surface area (Å²) in [4.78, 5) is 7.87. The predicted molar refractivity (Wildman–Crippen MR) is 77.0 cm³/mol. The van der Waals surface area contributed by atoms with Crippen molar-refractivity contribution in [3.8, 4) is 11.6 Å². The molecule has 0 aliphatic heterocycles. The highest BCUT2D eigenvalue weighted by Crippen LogP contribution is 2.27. The molecule has 0 amide bonds. The lowest BCUT2D eigenvalue weighted by Crippen LogP contribution is -2.06. The zero-order valence-corrected chi connectivity index (χ0v) is 12.0. The molecule has 0 aliphatic rings.